The molecule has 0 unspecified atom stereocenters. The van der Waals surface area contributed by atoms with Crippen LogP contribution in [-0.2, 0) is 28.6 Å². The Bertz CT molecular complexity index is 924. The average Bonchev–Trinajstić information content (AvgIpc) is 3.18. The van der Waals surface area contributed by atoms with E-state index in [2.05, 4.69) is 68.0 Å². The van der Waals surface area contributed by atoms with Crippen LogP contribution in [0.1, 0.15) is 194 Å². The third-order valence-corrected chi connectivity index (χ3v) is 12.2. The standard InChI is InChI=1S/C51H105N4O6/c1-10-13-16-19-22-25-28-31-43-59-49(56)46-53(4,5)40-34-37-52(38-35-41-54(6,7)47-50(57)60-44-32-29-26-23-20-17-14-11-2)39-36-42-55(8,9)48-51(58)61-45-33-30-27-24-21-18-15-12-3/h10-48H2,1-9H3/q+3. The van der Waals surface area contributed by atoms with Gasteiger partial charge in [0.25, 0.3) is 0 Å². The van der Waals surface area contributed by atoms with E-state index in [9.17, 15) is 14.4 Å². The van der Waals surface area contributed by atoms with Crippen LogP contribution in [0.4, 0.5) is 0 Å². The van der Waals surface area contributed by atoms with Crippen LogP contribution in [0.3, 0.4) is 0 Å². The summed E-state index contributed by atoms with van der Waals surface area (Å²) in [4.78, 5) is 40.8. The van der Waals surface area contributed by atoms with Crippen molar-refractivity contribution < 1.29 is 42.0 Å². The molecule has 0 aliphatic carbocycles. The number of hydrogen-bond acceptors (Lipinski definition) is 7. The molecule has 10 heteroatoms. The van der Waals surface area contributed by atoms with E-state index in [0.717, 1.165) is 97.1 Å². The van der Waals surface area contributed by atoms with Crippen molar-refractivity contribution in [3.8, 4) is 0 Å². The molecule has 0 aromatic rings. The number of nitrogens with zero attached hydrogens (tertiary/aromatic N) is 4. The maximum atomic E-state index is 12.7. The van der Waals surface area contributed by atoms with E-state index in [-0.39, 0.29) is 17.9 Å². The van der Waals surface area contributed by atoms with Crippen molar-refractivity contribution in [2.45, 2.75) is 194 Å². The number of likely N-dealkylation sites (N-methyl/N-ethyl adjacent to an activating group) is 3. The summed E-state index contributed by atoms with van der Waals surface area (Å²) in [6.45, 7) is 15.0. The summed E-state index contributed by atoms with van der Waals surface area (Å²) < 4.78 is 18.8. The lowest BCUT2D eigenvalue weighted by molar-refractivity contribution is -0.883. The number of ether oxygens (including phenoxy) is 3. The first-order valence-corrected chi connectivity index (χ1v) is 25.8. The third kappa shape index (κ3) is 40.8. The van der Waals surface area contributed by atoms with Crippen LogP contribution in [0.25, 0.3) is 0 Å². The maximum Gasteiger partial charge on any atom is 0.361 e. The molecule has 0 aromatic carbocycles. The number of rotatable bonds is 45. The lowest BCUT2D eigenvalue weighted by Crippen LogP contribution is -2.47. The molecular weight excluding hydrogens is 765 g/mol. The van der Waals surface area contributed by atoms with Gasteiger partial charge in [0.1, 0.15) is 0 Å². The summed E-state index contributed by atoms with van der Waals surface area (Å²) in [6.07, 6.45) is 32.5. The molecular formula is C51H105N4O6+3. The second kappa shape index (κ2) is 38.7. The van der Waals surface area contributed by atoms with Crippen molar-refractivity contribution in [2.24, 2.45) is 0 Å². The van der Waals surface area contributed by atoms with E-state index in [1.165, 1.54) is 116 Å². The van der Waals surface area contributed by atoms with Gasteiger partial charge in [-0.15, -0.1) is 0 Å². The molecule has 0 saturated carbocycles. The number of hydrogen-bond donors (Lipinski definition) is 0. The molecule has 10 nitrogen and oxygen atoms in total. The quantitative estimate of drug-likeness (QED) is 0.0261. The summed E-state index contributed by atoms with van der Waals surface area (Å²) in [5, 5.41) is 0. The molecule has 0 radical (unpaired) electrons. The lowest BCUT2D eigenvalue weighted by atomic mass is 10.1. The molecule has 0 saturated heterocycles. The summed E-state index contributed by atoms with van der Waals surface area (Å²) >= 11 is 0. The van der Waals surface area contributed by atoms with Gasteiger partial charge < -0.3 is 32.6 Å². The highest BCUT2D eigenvalue weighted by molar-refractivity contribution is 5.71. The van der Waals surface area contributed by atoms with Crippen LogP contribution in [0.2, 0.25) is 0 Å². The summed E-state index contributed by atoms with van der Waals surface area (Å²) in [5.74, 6) is -0.299. The van der Waals surface area contributed by atoms with Crippen LogP contribution in [0.15, 0.2) is 0 Å². The zero-order chi connectivity index (χ0) is 45.5. The Morgan fingerprint density at radius 1 is 0.328 bits per heavy atom. The highest BCUT2D eigenvalue weighted by atomic mass is 16.5. The molecule has 0 fully saturated rings. The van der Waals surface area contributed by atoms with E-state index >= 15 is 0 Å². The minimum atomic E-state index is -0.0996. The topological polar surface area (TPSA) is 82.1 Å². The highest BCUT2D eigenvalue weighted by Gasteiger charge is 2.25. The van der Waals surface area contributed by atoms with Crippen LogP contribution < -0.4 is 0 Å². The molecule has 61 heavy (non-hydrogen) atoms. The van der Waals surface area contributed by atoms with E-state index in [1.54, 1.807) is 0 Å². The molecule has 0 atom stereocenters. The molecule has 0 N–H and O–H groups in total. The zero-order valence-electron chi connectivity index (χ0n) is 42.3. The van der Waals surface area contributed by atoms with E-state index in [4.69, 9.17) is 14.2 Å². The van der Waals surface area contributed by atoms with Gasteiger partial charge in [-0.3, -0.25) is 0 Å². The van der Waals surface area contributed by atoms with Gasteiger partial charge in [0.15, 0.2) is 19.6 Å². The van der Waals surface area contributed by atoms with Gasteiger partial charge in [-0.25, -0.2) is 14.4 Å². The van der Waals surface area contributed by atoms with Gasteiger partial charge in [-0.05, 0) is 19.3 Å². The Labute approximate surface area is 378 Å². The predicted molar refractivity (Wildman–Crippen MR) is 257 cm³/mol. The smallest absolute Gasteiger partial charge is 0.361 e. The largest absolute Gasteiger partial charge is 0.462 e. The van der Waals surface area contributed by atoms with Crippen molar-refractivity contribution in [3.05, 3.63) is 0 Å². The van der Waals surface area contributed by atoms with Crippen LogP contribution in [0.5, 0.6) is 0 Å². The fraction of sp³-hybridized carbons (Fsp3) is 0.941. The van der Waals surface area contributed by atoms with Crippen molar-refractivity contribution in [1.82, 2.24) is 4.90 Å². The minimum absolute atomic E-state index is 0.0996. The summed E-state index contributed by atoms with van der Waals surface area (Å²) in [6, 6.07) is 0. The first-order valence-electron chi connectivity index (χ1n) is 25.8. The maximum absolute atomic E-state index is 12.7. The molecule has 0 rings (SSSR count). The van der Waals surface area contributed by atoms with Crippen LogP contribution in [-0.4, -0.2) is 157 Å². The molecule has 0 heterocycles. The van der Waals surface area contributed by atoms with Crippen LogP contribution in [0, 0.1) is 0 Å². The molecule has 0 amide bonds. The molecule has 0 aliphatic rings. The normalized spacial score (nSPS) is 12.3. The Morgan fingerprint density at radius 2 is 0.541 bits per heavy atom. The van der Waals surface area contributed by atoms with Gasteiger partial charge in [-0.1, -0.05) is 156 Å². The van der Waals surface area contributed by atoms with Crippen molar-refractivity contribution in [2.75, 3.05) is 121 Å². The minimum Gasteiger partial charge on any atom is -0.462 e. The second-order valence-corrected chi connectivity index (χ2v) is 20.4. The lowest BCUT2D eigenvalue weighted by Gasteiger charge is -2.32. The number of quaternary nitrogens is 3. The van der Waals surface area contributed by atoms with Gasteiger partial charge in [-0.2, -0.15) is 0 Å². The Morgan fingerprint density at radius 3 is 0.770 bits per heavy atom. The predicted octanol–water partition coefficient (Wildman–Crippen LogP) is 10.7. The van der Waals surface area contributed by atoms with Crippen molar-refractivity contribution >= 4 is 17.9 Å². The van der Waals surface area contributed by atoms with Crippen molar-refractivity contribution in [3.63, 3.8) is 0 Å². The molecule has 0 bridgehead atoms. The van der Waals surface area contributed by atoms with Gasteiger partial charge >= 0.3 is 17.9 Å². The first-order chi connectivity index (χ1) is 29.1. The van der Waals surface area contributed by atoms with E-state index < -0.39 is 0 Å². The molecule has 362 valence electrons. The number of carbonyl (C=O) groups excluding carboxylic acids is 3. The van der Waals surface area contributed by atoms with Crippen molar-refractivity contribution in [1.29, 1.82) is 0 Å². The fourth-order valence-corrected chi connectivity index (χ4v) is 8.19. The molecule has 0 spiro atoms. The number of esters is 3. The highest BCUT2D eigenvalue weighted by Crippen LogP contribution is 2.13. The van der Waals surface area contributed by atoms with Gasteiger partial charge in [0, 0.05) is 38.9 Å². The van der Waals surface area contributed by atoms with Gasteiger partial charge in [0.05, 0.1) is 81.7 Å². The Kier molecular flexibility index (Phi) is 37.6. The SMILES string of the molecule is CCCCCCCCCCOC(=O)C[N+](C)(C)CCCN(CCC[N+](C)(C)CC(=O)OCCCCCCCCCC)CCC[N+](C)(C)CC(=O)OCCCCCCCCCC. The third-order valence-electron chi connectivity index (χ3n) is 12.2. The Balaban J connectivity index is 4.91. The monoisotopic (exact) mass is 870 g/mol. The van der Waals surface area contributed by atoms with E-state index in [0.29, 0.717) is 52.9 Å². The number of unbranched alkanes of at least 4 members (excludes halogenated alkanes) is 21. The second-order valence-electron chi connectivity index (χ2n) is 20.4. The molecule has 0 aliphatic heterocycles. The fourth-order valence-electron chi connectivity index (χ4n) is 8.19. The average molecular weight is 870 g/mol. The number of carbonyl (C=O) groups is 3. The van der Waals surface area contributed by atoms with Gasteiger partial charge in [0.2, 0.25) is 0 Å². The summed E-state index contributed by atoms with van der Waals surface area (Å²) in [7, 11) is 12.8. The Hall–Kier alpha value is -1.75. The zero-order valence-corrected chi connectivity index (χ0v) is 42.3. The first kappa shape index (κ1) is 59.2. The van der Waals surface area contributed by atoms with Crippen LogP contribution >= 0.6 is 0 Å². The summed E-state index contributed by atoms with van der Waals surface area (Å²) in [5.41, 5.74) is 0. The van der Waals surface area contributed by atoms with E-state index in [1.807, 2.05) is 0 Å². The molecule has 0 aromatic heterocycles.